The number of nitrogens with two attached hydrogens (primary N) is 1. The van der Waals surface area contributed by atoms with E-state index in [0.29, 0.717) is 25.7 Å². The maximum absolute atomic E-state index is 6.02. The van der Waals surface area contributed by atoms with E-state index in [9.17, 15) is 0 Å². The third-order valence-corrected chi connectivity index (χ3v) is 2.69. The molecule has 0 aromatic heterocycles. The zero-order valence-electron chi connectivity index (χ0n) is 9.79. The topological polar surface area (TPSA) is 56.8 Å². The van der Waals surface area contributed by atoms with Gasteiger partial charge >= 0.3 is 0 Å². The van der Waals surface area contributed by atoms with Gasteiger partial charge in [0.15, 0.2) is 0 Å². The van der Waals surface area contributed by atoms with Gasteiger partial charge in [0.1, 0.15) is 11.4 Å². The second-order valence-corrected chi connectivity index (χ2v) is 3.81. The molecule has 0 saturated carbocycles. The van der Waals surface area contributed by atoms with Gasteiger partial charge in [0, 0.05) is 39.2 Å². The van der Waals surface area contributed by atoms with Crippen LogP contribution in [0.5, 0.6) is 0 Å². The van der Waals surface area contributed by atoms with Crippen LogP contribution in [0.1, 0.15) is 33.1 Å². The summed E-state index contributed by atoms with van der Waals surface area (Å²) in [7, 11) is 0. The van der Waals surface area contributed by atoms with Gasteiger partial charge in [0.05, 0.1) is 0 Å². The van der Waals surface area contributed by atoms with Crippen LogP contribution in [0.15, 0.2) is 4.99 Å². The van der Waals surface area contributed by atoms with Crippen molar-refractivity contribution in [3.8, 4) is 0 Å². The van der Waals surface area contributed by atoms with Crippen molar-refractivity contribution < 1.29 is 9.47 Å². The maximum atomic E-state index is 6.02. The third kappa shape index (κ3) is 3.18. The van der Waals surface area contributed by atoms with Crippen molar-refractivity contribution >= 4 is 5.84 Å². The molecule has 0 amide bonds. The van der Waals surface area contributed by atoms with Gasteiger partial charge in [-0.1, -0.05) is 6.92 Å². The van der Waals surface area contributed by atoms with E-state index < -0.39 is 0 Å². The Labute approximate surface area is 91.8 Å². The summed E-state index contributed by atoms with van der Waals surface area (Å²) in [5.74, 6) is 0.648. The molecular formula is C11H22N2O2. The van der Waals surface area contributed by atoms with E-state index in [1.807, 2.05) is 6.92 Å². The number of aliphatic imine (C=N–C) groups is 1. The Morgan fingerprint density at radius 3 is 2.60 bits per heavy atom. The quantitative estimate of drug-likeness (QED) is 0.555. The Morgan fingerprint density at radius 2 is 2.07 bits per heavy atom. The number of hydrogen-bond acceptors (Lipinski definition) is 3. The lowest BCUT2D eigenvalue weighted by molar-refractivity contribution is -0.0646. The normalized spacial score (nSPS) is 21.6. The standard InChI is InChI=1S/C11H22N2O2/c1-3-7-13-10(12)11(15-4-2)5-8-14-9-6-11/h3-9H2,1-2H3,(H2,12,13). The minimum Gasteiger partial charge on any atom is -0.385 e. The van der Waals surface area contributed by atoms with Crippen LogP contribution in [0, 0.1) is 0 Å². The first kappa shape index (κ1) is 12.5. The highest BCUT2D eigenvalue weighted by Gasteiger charge is 2.37. The van der Waals surface area contributed by atoms with Crippen molar-refractivity contribution in [2.45, 2.75) is 38.7 Å². The van der Waals surface area contributed by atoms with Crippen LogP contribution < -0.4 is 5.73 Å². The van der Waals surface area contributed by atoms with Gasteiger partial charge in [-0.25, -0.2) is 0 Å². The number of hydrogen-bond donors (Lipinski definition) is 1. The lowest BCUT2D eigenvalue weighted by Crippen LogP contribution is -2.50. The summed E-state index contributed by atoms with van der Waals surface area (Å²) in [4.78, 5) is 4.37. The fourth-order valence-corrected chi connectivity index (χ4v) is 1.83. The molecule has 0 radical (unpaired) electrons. The SMILES string of the molecule is CCCN=C(N)C1(OCC)CCOCC1. The average Bonchev–Trinajstić information content (AvgIpc) is 2.27. The van der Waals surface area contributed by atoms with Gasteiger partial charge in [0.2, 0.25) is 0 Å². The molecule has 4 nitrogen and oxygen atoms in total. The number of nitrogens with zero attached hydrogens (tertiary/aromatic N) is 1. The van der Waals surface area contributed by atoms with Gasteiger partial charge in [-0.3, -0.25) is 4.99 Å². The molecule has 1 heterocycles. The van der Waals surface area contributed by atoms with Crippen LogP contribution in [-0.2, 0) is 9.47 Å². The van der Waals surface area contributed by atoms with E-state index in [-0.39, 0.29) is 5.60 Å². The summed E-state index contributed by atoms with van der Waals surface area (Å²) in [6, 6.07) is 0. The first-order valence-corrected chi connectivity index (χ1v) is 5.77. The van der Waals surface area contributed by atoms with Crippen LogP contribution in [0.25, 0.3) is 0 Å². The largest absolute Gasteiger partial charge is 0.385 e. The molecule has 2 N–H and O–H groups in total. The van der Waals surface area contributed by atoms with E-state index in [1.54, 1.807) is 0 Å². The molecule has 0 spiro atoms. The van der Waals surface area contributed by atoms with Gasteiger partial charge in [-0.05, 0) is 13.3 Å². The Balaban J connectivity index is 2.69. The monoisotopic (exact) mass is 214 g/mol. The minimum atomic E-state index is -0.359. The molecule has 0 atom stereocenters. The summed E-state index contributed by atoms with van der Waals surface area (Å²) in [6.07, 6.45) is 2.65. The molecule has 1 fully saturated rings. The fourth-order valence-electron chi connectivity index (χ4n) is 1.83. The van der Waals surface area contributed by atoms with Gasteiger partial charge in [-0.15, -0.1) is 0 Å². The Kier molecular flexibility index (Phi) is 5.05. The highest BCUT2D eigenvalue weighted by Crippen LogP contribution is 2.25. The van der Waals surface area contributed by atoms with E-state index in [1.165, 1.54) is 0 Å². The highest BCUT2D eigenvalue weighted by atomic mass is 16.5. The Bertz CT molecular complexity index is 205. The molecule has 88 valence electrons. The number of rotatable bonds is 5. The van der Waals surface area contributed by atoms with Gasteiger partial charge in [0.25, 0.3) is 0 Å². The molecule has 0 aliphatic carbocycles. The molecule has 0 unspecified atom stereocenters. The predicted octanol–water partition coefficient (Wildman–Crippen LogP) is 1.34. The maximum Gasteiger partial charge on any atom is 0.129 e. The fraction of sp³-hybridized carbons (Fsp3) is 0.909. The molecule has 4 heteroatoms. The van der Waals surface area contributed by atoms with Crippen LogP contribution in [-0.4, -0.2) is 37.8 Å². The molecule has 15 heavy (non-hydrogen) atoms. The molecule has 1 rings (SSSR count). The van der Waals surface area contributed by atoms with Crippen molar-refractivity contribution in [2.75, 3.05) is 26.4 Å². The van der Waals surface area contributed by atoms with Crippen molar-refractivity contribution in [1.29, 1.82) is 0 Å². The molecular weight excluding hydrogens is 192 g/mol. The van der Waals surface area contributed by atoms with E-state index in [0.717, 1.165) is 25.8 Å². The zero-order chi connectivity index (χ0) is 11.1. The van der Waals surface area contributed by atoms with E-state index in [2.05, 4.69) is 11.9 Å². The van der Waals surface area contributed by atoms with Crippen LogP contribution in [0.2, 0.25) is 0 Å². The zero-order valence-corrected chi connectivity index (χ0v) is 9.79. The molecule has 0 aromatic carbocycles. The summed E-state index contributed by atoms with van der Waals surface area (Å²) in [6.45, 7) is 6.95. The summed E-state index contributed by atoms with van der Waals surface area (Å²) in [5, 5.41) is 0. The van der Waals surface area contributed by atoms with Crippen LogP contribution in [0.4, 0.5) is 0 Å². The second-order valence-electron chi connectivity index (χ2n) is 3.81. The van der Waals surface area contributed by atoms with Gasteiger partial charge < -0.3 is 15.2 Å². The molecule has 1 aliphatic heterocycles. The Morgan fingerprint density at radius 1 is 1.40 bits per heavy atom. The minimum absolute atomic E-state index is 0.359. The summed E-state index contributed by atoms with van der Waals surface area (Å²) in [5.41, 5.74) is 5.67. The highest BCUT2D eigenvalue weighted by molar-refractivity contribution is 5.89. The third-order valence-electron chi connectivity index (χ3n) is 2.69. The average molecular weight is 214 g/mol. The summed E-state index contributed by atoms with van der Waals surface area (Å²) >= 11 is 0. The molecule has 0 aromatic rings. The van der Waals surface area contributed by atoms with Crippen LogP contribution >= 0.6 is 0 Å². The smallest absolute Gasteiger partial charge is 0.129 e. The van der Waals surface area contributed by atoms with E-state index >= 15 is 0 Å². The molecule has 0 bridgehead atoms. The lowest BCUT2D eigenvalue weighted by atomic mass is 9.92. The Hall–Kier alpha value is -0.610. The first-order chi connectivity index (χ1) is 7.25. The first-order valence-electron chi connectivity index (χ1n) is 5.77. The summed E-state index contributed by atoms with van der Waals surface area (Å²) < 4.78 is 11.1. The van der Waals surface area contributed by atoms with Crippen molar-refractivity contribution in [3.63, 3.8) is 0 Å². The van der Waals surface area contributed by atoms with Crippen molar-refractivity contribution in [1.82, 2.24) is 0 Å². The van der Waals surface area contributed by atoms with Crippen molar-refractivity contribution in [3.05, 3.63) is 0 Å². The number of amidine groups is 1. The van der Waals surface area contributed by atoms with E-state index in [4.69, 9.17) is 15.2 Å². The molecule has 1 saturated heterocycles. The number of ether oxygens (including phenoxy) is 2. The second kappa shape index (κ2) is 6.08. The van der Waals surface area contributed by atoms with Gasteiger partial charge in [-0.2, -0.15) is 0 Å². The van der Waals surface area contributed by atoms with Crippen LogP contribution in [0.3, 0.4) is 0 Å². The van der Waals surface area contributed by atoms with Crippen molar-refractivity contribution in [2.24, 2.45) is 10.7 Å². The predicted molar refractivity (Wildman–Crippen MR) is 61.2 cm³/mol. The lowest BCUT2D eigenvalue weighted by Gasteiger charge is -2.36. The molecule has 1 aliphatic rings.